The molecule has 1 aliphatic carbocycles. The molecule has 0 amide bonds. The molecule has 0 saturated heterocycles. The van der Waals surface area contributed by atoms with Crippen LogP contribution >= 0.6 is 0 Å². The number of aliphatic carboxylic acids is 1. The third-order valence-electron chi connectivity index (χ3n) is 3.33. The van der Waals surface area contributed by atoms with Gasteiger partial charge in [0, 0.05) is 13.7 Å². The molecule has 3 atom stereocenters. The molecule has 4 nitrogen and oxygen atoms in total. The maximum absolute atomic E-state index is 11.0. The highest BCUT2D eigenvalue weighted by molar-refractivity contribution is 5.70. The molecule has 1 aliphatic rings. The maximum Gasteiger partial charge on any atom is 0.306 e. The van der Waals surface area contributed by atoms with Crippen molar-refractivity contribution < 1.29 is 14.6 Å². The van der Waals surface area contributed by atoms with E-state index in [-0.39, 0.29) is 5.92 Å². The van der Waals surface area contributed by atoms with Crippen molar-refractivity contribution in [2.24, 2.45) is 17.8 Å². The van der Waals surface area contributed by atoms with Gasteiger partial charge in [0.25, 0.3) is 0 Å². The predicted octanol–water partition coefficient (Wildman–Crippen LogP) is 1.36. The minimum Gasteiger partial charge on any atom is -0.481 e. The van der Waals surface area contributed by atoms with Gasteiger partial charge in [-0.2, -0.15) is 0 Å². The van der Waals surface area contributed by atoms with Crippen molar-refractivity contribution in [1.82, 2.24) is 5.32 Å². The Kier molecular flexibility index (Phi) is 5.77. The predicted molar refractivity (Wildman–Crippen MR) is 62.4 cm³/mol. The van der Waals surface area contributed by atoms with Crippen molar-refractivity contribution in [3.63, 3.8) is 0 Å². The second kappa shape index (κ2) is 6.86. The monoisotopic (exact) mass is 229 g/mol. The summed E-state index contributed by atoms with van der Waals surface area (Å²) in [6.07, 6.45) is 2.94. The zero-order chi connectivity index (χ0) is 12.0. The number of carboxylic acids is 1. The van der Waals surface area contributed by atoms with Gasteiger partial charge in [-0.05, 0) is 37.8 Å². The van der Waals surface area contributed by atoms with E-state index in [9.17, 15) is 4.79 Å². The molecule has 0 aromatic carbocycles. The van der Waals surface area contributed by atoms with Crippen molar-refractivity contribution >= 4 is 5.97 Å². The Morgan fingerprint density at radius 1 is 1.56 bits per heavy atom. The Hall–Kier alpha value is -0.610. The Morgan fingerprint density at radius 3 is 2.94 bits per heavy atom. The summed E-state index contributed by atoms with van der Waals surface area (Å²) in [6, 6.07) is 0. The van der Waals surface area contributed by atoms with E-state index in [2.05, 4.69) is 12.2 Å². The summed E-state index contributed by atoms with van der Waals surface area (Å²) in [4.78, 5) is 11.0. The molecule has 0 spiro atoms. The Labute approximate surface area is 97.4 Å². The first-order valence-corrected chi connectivity index (χ1v) is 6.07. The minimum atomic E-state index is -0.630. The van der Waals surface area contributed by atoms with Crippen LogP contribution in [0.25, 0.3) is 0 Å². The smallest absolute Gasteiger partial charge is 0.306 e. The molecule has 1 fully saturated rings. The summed E-state index contributed by atoms with van der Waals surface area (Å²) in [7, 11) is 1.70. The molecule has 3 unspecified atom stereocenters. The molecule has 0 aromatic heterocycles. The van der Waals surface area contributed by atoms with Crippen LogP contribution in [0.3, 0.4) is 0 Å². The summed E-state index contributed by atoms with van der Waals surface area (Å²) >= 11 is 0. The number of carboxylic acid groups (broad SMARTS) is 1. The van der Waals surface area contributed by atoms with E-state index in [1.807, 2.05) is 0 Å². The molecule has 4 heteroatoms. The van der Waals surface area contributed by atoms with Crippen LogP contribution in [0.1, 0.15) is 26.2 Å². The summed E-state index contributed by atoms with van der Waals surface area (Å²) in [6.45, 7) is 4.60. The zero-order valence-electron chi connectivity index (χ0n) is 10.2. The number of carbonyl (C=O) groups is 1. The number of nitrogens with one attached hydrogen (secondary N) is 1. The van der Waals surface area contributed by atoms with Crippen molar-refractivity contribution in [1.29, 1.82) is 0 Å². The Morgan fingerprint density at radius 2 is 2.31 bits per heavy atom. The zero-order valence-corrected chi connectivity index (χ0v) is 10.2. The fraction of sp³-hybridized carbons (Fsp3) is 0.917. The van der Waals surface area contributed by atoms with Gasteiger partial charge in [-0.25, -0.2) is 0 Å². The third-order valence-corrected chi connectivity index (χ3v) is 3.33. The van der Waals surface area contributed by atoms with Crippen molar-refractivity contribution in [3.8, 4) is 0 Å². The molecule has 0 bridgehead atoms. The SMILES string of the molecule is COCC(C)CNCC1CCCC1C(=O)O. The van der Waals surface area contributed by atoms with Gasteiger partial charge in [0.2, 0.25) is 0 Å². The molecule has 16 heavy (non-hydrogen) atoms. The molecule has 2 N–H and O–H groups in total. The minimum absolute atomic E-state index is 0.134. The fourth-order valence-corrected chi connectivity index (χ4v) is 2.46. The number of methoxy groups -OCH3 is 1. The van der Waals surface area contributed by atoms with Crippen LogP contribution in [0.5, 0.6) is 0 Å². The highest BCUT2D eigenvalue weighted by Crippen LogP contribution is 2.31. The topological polar surface area (TPSA) is 58.6 Å². The van der Waals surface area contributed by atoms with Gasteiger partial charge in [0.1, 0.15) is 0 Å². The fourth-order valence-electron chi connectivity index (χ4n) is 2.46. The third kappa shape index (κ3) is 4.10. The lowest BCUT2D eigenvalue weighted by Gasteiger charge is -2.18. The van der Waals surface area contributed by atoms with Crippen LogP contribution < -0.4 is 5.32 Å². The van der Waals surface area contributed by atoms with Crippen molar-refractivity contribution in [2.75, 3.05) is 26.8 Å². The van der Waals surface area contributed by atoms with Crippen molar-refractivity contribution in [3.05, 3.63) is 0 Å². The largest absolute Gasteiger partial charge is 0.481 e. The van der Waals surface area contributed by atoms with E-state index >= 15 is 0 Å². The van der Waals surface area contributed by atoms with Gasteiger partial charge in [-0.3, -0.25) is 4.79 Å². The lowest BCUT2D eigenvalue weighted by Crippen LogP contribution is -2.32. The molecule has 94 valence electrons. The summed E-state index contributed by atoms with van der Waals surface area (Å²) in [5.41, 5.74) is 0. The lowest BCUT2D eigenvalue weighted by molar-refractivity contribution is -0.142. The van der Waals surface area contributed by atoms with E-state index in [1.54, 1.807) is 7.11 Å². The molecule has 0 aromatic rings. The number of ether oxygens (including phenoxy) is 1. The highest BCUT2D eigenvalue weighted by atomic mass is 16.5. The highest BCUT2D eigenvalue weighted by Gasteiger charge is 2.32. The molecule has 0 aliphatic heterocycles. The second-order valence-electron chi connectivity index (χ2n) is 4.85. The standard InChI is InChI=1S/C12H23NO3/c1-9(8-16-2)6-13-7-10-4-3-5-11(10)12(14)15/h9-11,13H,3-8H2,1-2H3,(H,14,15). The first kappa shape index (κ1) is 13.5. The van der Waals surface area contributed by atoms with Gasteiger partial charge in [0.15, 0.2) is 0 Å². The maximum atomic E-state index is 11.0. The molecule has 1 saturated carbocycles. The number of hydrogen-bond acceptors (Lipinski definition) is 3. The van der Waals surface area contributed by atoms with E-state index in [4.69, 9.17) is 9.84 Å². The Bertz CT molecular complexity index is 220. The lowest BCUT2D eigenvalue weighted by atomic mass is 9.96. The summed E-state index contributed by atoms with van der Waals surface area (Å²) in [5, 5.41) is 12.4. The molecular weight excluding hydrogens is 206 g/mol. The van der Waals surface area contributed by atoms with E-state index in [1.165, 1.54) is 0 Å². The number of hydrogen-bond donors (Lipinski definition) is 2. The van der Waals surface area contributed by atoms with E-state index in [0.29, 0.717) is 11.8 Å². The summed E-state index contributed by atoms with van der Waals surface area (Å²) in [5.74, 6) is 0.0291. The van der Waals surface area contributed by atoms with Crippen LogP contribution in [0.2, 0.25) is 0 Å². The van der Waals surface area contributed by atoms with Crippen LogP contribution in [-0.4, -0.2) is 37.9 Å². The van der Waals surface area contributed by atoms with Crippen LogP contribution in [0.4, 0.5) is 0 Å². The summed E-state index contributed by atoms with van der Waals surface area (Å²) < 4.78 is 5.05. The molecular formula is C12H23NO3. The average molecular weight is 229 g/mol. The van der Waals surface area contributed by atoms with Crippen LogP contribution in [0.15, 0.2) is 0 Å². The van der Waals surface area contributed by atoms with Crippen LogP contribution in [-0.2, 0) is 9.53 Å². The van der Waals surface area contributed by atoms with Crippen molar-refractivity contribution in [2.45, 2.75) is 26.2 Å². The van der Waals surface area contributed by atoms with E-state index in [0.717, 1.165) is 39.0 Å². The van der Waals surface area contributed by atoms with Gasteiger partial charge in [-0.15, -0.1) is 0 Å². The van der Waals surface area contributed by atoms with E-state index < -0.39 is 5.97 Å². The van der Waals surface area contributed by atoms with Gasteiger partial charge in [-0.1, -0.05) is 13.3 Å². The molecule has 0 radical (unpaired) electrons. The average Bonchev–Trinajstić information content (AvgIpc) is 2.66. The molecule has 0 heterocycles. The molecule has 1 rings (SSSR count). The first-order chi connectivity index (χ1) is 7.65. The van der Waals surface area contributed by atoms with Crippen LogP contribution in [0, 0.1) is 17.8 Å². The first-order valence-electron chi connectivity index (χ1n) is 6.07. The quantitative estimate of drug-likeness (QED) is 0.692. The van der Waals surface area contributed by atoms with Gasteiger partial charge < -0.3 is 15.2 Å². The normalized spacial score (nSPS) is 26.9. The van der Waals surface area contributed by atoms with Gasteiger partial charge >= 0.3 is 5.97 Å². The second-order valence-corrected chi connectivity index (χ2v) is 4.85. The number of rotatable bonds is 7. The Balaban J connectivity index is 2.19. The van der Waals surface area contributed by atoms with Gasteiger partial charge in [0.05, 0.1) is 5.92 Å².